The summed E-state index contributed by atoms with van der Waals surface area (Å²) < 4.78 is 26.8. The summed E-state index contributed by atoms with van der Waals surface area (Å²) in [5.41, 5.74) is 0. The van der Waals surface area contributed by atoms with Crippen LogP contribution < -0.4 is 10.0 Å². The Labute approximate surface area is 117 Å². The first-order chi connectivity index (χ1) is 9.63. The van der Waals surface area contributed by atoms with Crippen LogP contribution in [-0.2, 0) is 16.4 Å². The third-order valence-corrected chi connectivity index (χ3v) is 4.14. The molecule has 0 unspecified atom stereocenters. The van der Waals surface area contributed by atoms with E-state index in [0.29, 0.717) is 25.2 Å². The van der Waals surface area contributed by atoms with Gasteiger partial charge in [-0.3, -0.25) is 5.10 Å². The molecule has 0 fully saturated rings. The first kappa shape index (κ1) is 14.4. The molecule has 0 aliphatic heterocycles. The quantitative estimate of drug-likeness (QED) is 0.627. The number of H-pyrrole nitrogens is 1. The van der Waals surface area contributed by atoms with Crippen molar-refractivity contribution in [1.82, 2.24) is 24.9 Å². The molecule has 2 rings (SSSR count). The number of hydrogen-bond donors (Lipinski definition) is 3. The van der Waals surface area contributed by atoms with Crippen molar-refractivity contribution >= 4 is 15.8 Å². The molecule has 8 nitrogen and oxygen atoms in total. The Bertz CT molecular complexity index is 641. The highest BCUT2D eigenvalue weighted by Crippen LogP contribution is 2.16. The minimum Gasteiger partial charge on any atom is -0.372 e. The molecule has 0 bridgehead atoms. The van der Waals surface area contributed by atoms with E-state index in [1.165, 1.54) is 18.6 Å². The zero-order valence-electron chi connectivity index (χ0n) is 11.0. The van der Waals surface area contributed by atoms with Gasteiger partial charge in [-0.05, 0) is 18.6 Å². The first-order valence-electron chi connectivity index (χ1n) is 6.10. The van der Waals surface area contributed by atoms with Gasteiger partial charge in [-0.15, -0.1) is 0 Å². The van der Waals surface area contributed by atoms with E-state index in [2.05, 4.69) is 30.2 Å². The van der Waals surface area contributed by atoms with Crippen molar-refractivity contribution in [2.24, 2.45) is 0 Å². The number of nitrogens with zero attached hydrogens (tertiary/aromatic N) is 3. The SMILES string of the molecule is CNc1ncccc1S(=O)(=O)NCCCc1ncn[nH]1. The minimum absolute atomic E-state index is 0.141. The number of aryl methyl sites for hydroxylation is 1. The molecule has 0 atom stereocenters. The van der Waals surface area contributed by atoms with Crippen molar-refractivity contribution < 1.29 is 8.42 Å². The Kier molecular flexibility index (Phi) is 4.64. The molecule has 0 amide bonds. The number of aromatic nitrogens is 4. The predicted molar refractivity (Wildman–Crippen MR) is 73.7 cm³/mol. The second-order valence-corrected chi connectivity index (χ2v) is 5.77. The van der Waals surface area contributed by atoms with Gasteiger partial charge >= 0.3 is 0 Å². The van der Waals surface area contributed by atoms with Crippen LogP contribution in [0.2, 0.25) is 0 Å². The van der Waals surface area contributed by atoms with E-state index in [4.69, 9.17) is 0 Å². The topological polar surface area (TPSA) is 113 Å². The van der Waals surface area contributed by atoms with Crippen LogP contribution in [0.1, 0.15) is 12.2 Å². The van der Waals surface area contributed by atoms with Crippen LogP contribution in [0.15, 0.2) is 29.6 Å². The summed E-state index contributed by atoms with van der Waals surface area (Å²) in [5, 5.41) is 9.22. The lowest BCUT2D eigenvalue weighted by molar-refractivity contribution is 0.578. The van der Waals surface area contributed by atoms with Gasteiger partial charge in [-0.25, -0.2) is 23.1 Å². The number of hydrogen-bond acceptors (Lipinski definition) is 6. The van der Waals surface area contributed by atoms with Crippen LogP contribution >= 0.6 is 0 Å². The van der Waals surface area contributed by atoms with Gasteiger partial charge in [0.25, 0.3) is 0 Å². The van der Waals surface area contributed by atoms with Gasteiger partial charge in [0.1, 0.15) is 22.9 Å². The molecule has 0 radical (unpaired) electrons. The molecule has 108 valence electrons. The highest BCUT2D eigenvalue weighted by atomic mass is 32.2. The van der Waals surface area contributed by atoms with Gasteiger partial charge in [-0.1, -0.05) is 0 Å². The fourth-order valence-electron chi connectivity index (χ4n) is 1.69. The van der Waals surface area contributed by atoms with Crippen molar-refractivity contribution in [2.75, 3.05) is 18.9 Å². The average molecular weight is 296 g/mol. The summed E-state index contributed by atoms with van der Waals surface area (Å²) in [7, 11) is -1.94. The van der Waals surface area contributed by atoms with Crippen LogP contribution in [0.4, 0.5) is 5.82 Å². The van der Waals surface area contributed by atoms with Crippen molar-refractivity contribution in [3.8, 4) is 0 Å². The molecule has 9 heteroatoms. The van der Waals surface area contributed by atoms with Gasteiger partial charge in [0.15, 0.2) is 0 Å². The number of aromatic amines is 1. The first-order valence-corrected chi connectivity index (χ1v) is 7.58. The van der Waals surface area contributed by atoms with Crippen molar-refractivity contribution in [3.63, 3.8) is 0 Å². The van der Waals surface area contributed by atoms with Crippen LogP contribution in [0.25, 0.3) is 0 Å². The summed E-state index contributed by atoms with van der Waals surface area (Å²) in [4.78, 5) is 8.09. The number of sulfonamides is 1. The lowest BCUT2D eigenvalue weighted by atomic mass is 10.3. The summed E-state index contributed by atoms with van der Waals surface area (Å²) in [6.07, 6.45) is 4.22. The maximum Gasteiger partial charge on any atom is 0.244 e. The lowest BCUT2D eigenvalue weighted by Gasteiger charge is -2.09. The van der Waals surface area contributed by atoms with E-state index in [-0.39, 0.29) is 4.90 Å². The second kappa shape index (κ2) is 6.44. The fourth-order valence-corrected chi connectivity index (χ4v) is 2.92. The Morgan fingerprint density at radius 2 is 2.20 bits per heavy atom. The molecule has 3 N–H and O–H groups in total. The fraction of sp³-hybridized carbons (Fsp3) is 0.364. The molecular weight excluding hydrogens is 280 g/mol. The van der Waals surface area contributed by atoms with E-state index < -0.39 is 10.0 Å². The van der Waals surface area contributed by atoms with Gasteiger partial charge in [0.05, 0.1) is 0 Å². The van der Waals surface area contributed by atoms with Crippen LogP contribution in [0.3, 0.4) is 0 Å². The molecule has 2 heterocycles. The van der Waals surface area contributed by atoms with Gasteiger partial charge in [-0.2, -0.15) is 5.10 Å². The molecule has 20 heavy (non-hydrogen) atoms. The van der Waals surface area contributed by atoms with E-state index in [9.17, 15) is 8.42 Å². The third kappa shape index (κ3) is 3.52. The Balaban J connectivity index is 1.94. The maximum absolute atomic E-state index is 12.1. The van der Waals surface area contributed by atoms with Gasteiger partial charge in [0, 0.05) is 26.2 Å². The van der Waals surface area contributed by atoms with Crippen molar-refractivity contribution in [3.05, 3.63) is 30.5 Å². The summed E-state index contributed by atoms with van der Waals surface area (Å²) in [6, 6.07) is 3.10. The maximum atomic E-state index is 12.1. The molecule has 0 aliphatic rings. The van der Waals surface area contributed by atoms with Crippen molar-refractivity contribution in [1.29, 1.82) is 0 Å². The highest BCUT2D eigenvalue weighted by Gasteiger charge is 2.17. The minimum atomic E-state index is -3.57. The second-order valence-electron chi connectivity index (χ2n) is 4.03. The molecular formula is C11H16N6O2S. The van der Waals surface area contributed by atoms with E-state index in [1.54, 1.807) is 13.1 Å². The molecule has 0 saturated carbocycles. The normalized spacial score (nSPS) is 11.4. The number of anilines is 1. The highest BCUT2D eigenvalue weighted by molar-refractivity contribution is 7.89. The van der Waals surface area contributed by atoms with Crippen LogP contribution in [-0.4, -0.2) is 42.2 Å². The van der Waals surface area contributed by atoms with Crippen molar-refractivity contribution in [2.45, 2.75) is 17.7 Å². The number of nitrogens with one attached hydrogen (secondary N) is 3. The third-order valence-electron chi connectivity index (χ3n) is 2.64. The van der Waals surface area contributed by atoms with E-state index in [1.807, 2.05) is 0 Å². The molecule has 2 aromatic heterocycles. The van der Waals surface area contributed by atoms with Gasteiger partial charge in [0.2, 0.25) is 10.0 Å². The molecule has 0 saturated heterocycles. The van der Waals surface area contributed by atoms with Crippen LogP contribution in [0, 0.1) is 0 Å². The number of rotatable bonds is 7. The summed E-state index contributed by atoms with van der Waals surface area (Å²) in [6.45, 7) is 0.321. The smallest absolute Gasteiger partial charge is 0.244 e. The zero-order chi connectivity index (χ0) is 14.4. The molecule has 0 aliphatic carbocycles. The molecule has 0 spiro atoms. The lowest BCUT2D eigenvalue weighted by Crippen LogP contribution is -2.26. The molecule has 0 aromatic carbocycles. The van der Waals surface area contributed by atoms with E-state index in [0.717, 1.165) is 5.82 Å². The van der Waals surface area contributed by atoms with E-state index >= 15 is 0 Å². The Hall–Kier alpha value is -2.00. The Morgan fingerprint density at radius 3 is 2.90 bits per heavy atom. The largest absolute Gasteiger partial charge is 0.372 e. The van der Waals surface area contributed by atoms with Gasteiger partial charge < -0.3 is 5.32 Å². The predicted octanol–water partition coefficient (Wildman–Crippen LogP) is 0.152. The molecule has 2 aromatic rings. The Morgan fingerprint density at radius 1 is 1.35 bits per heavy atom. The zero-order valence-corrected chi connectivity index (χ0v) is 11.8. The standard InChI is InChI=1S/C11H16N6O2S/c1-12-11-9(4-2-6-13-11)20(18,19)16-7-3-5-10-14-8-15-17-10/h2,4,6,8,16H,3,5,7H2,1H3,(H,12,13)(H,14,15,17). The number of pyridine rings is 1. The summed E-state index contributed by atoms with van der Waals surface area (Å²) >= 11 is 0. The summed E-state index contributed by atoms with van der Waals surface area (Å²) in [5.74, 6) is 1.07. The monoisotopic (exact) mass is 296 g/mol. The van der Waals surface area contributed by atoms with Crippen LogP contribution in [0.5, 0.6) is 0 Å². The average Bonchev–Trinajstić information content (AvgIpc) is 2.97.